The smallest absolute Gasteiger partial charge is 0.243 e. The molecule has 2 aromatic rings. The molecule has 0 heterocycles. The molecule has 1 saturated carbocycles. The van der Waals surface area contributed by atoms with E-state index in [1.54, 1.807) is 32.6 Å². The fourth-order valence-electron chi connectivity index (χ4n) is 2.78. The topological polar surface area (TPSA) is 59.9 Å². The maximum absolute atomic E-state index is 12.2. The number of amides is 1. The molecule has 0 bridgehead atoms. The minimum atomic E-state index is -0.0818. The normalized spacial score (nSPS) is 18.8. The van der Waals surface area contributed by atoms with Gasteiger partial charge in [-0.2, -0.15) is 5.10 Å². The summed E-state index contributed by atoms with van der Waals surface area (Å²) in [7, 11) is 3.15. The number of hydrazone groups is 1. The Morgan fingerprint density at radius 2 is 2.00 bits per heavy atom. The third kappa shape index (κ3) is 4.12. The molecule has 2 aromatic carbocycles. The van der Waals surface area contributed by atoms with Crippen molar-refractivity contribution in [2.45, 2.75) is 12.3 Å². The number of rotatable bonds is 6. The maximum Gasteiger partial charge on any atom is 0.243 e. The van der Waals surface area contributed by atoms with Crippen molar-refractivity contribution in [3.8, 4) is 11.5 Å². The van der Waals surface area contributed by atoms with Gasteiger partial charge in [-0.05, 0) is 53.8 Å². The molecule has 1 aliphatic rings. The number of carbonyl (C=O) groups excluding carboxylic acids is 1. The molecule has 0 aliphatic heterocycles. The van der Waals surface area contributed by atoms with Crippen molar-refractivity contribution < 1.29 is 14.3 Å². The molecule has 2 unspecified atom stereocenters. The van der Waals surface area contributed by atoms with Crippen LogP contribution in [0.3, 0.4) is 0 Å². The summed E-state index contributed by atoms with van der Waals surface area (Å²) in [6, 6.07) is 13.1. The van der Waals surface area contributed by atoms with Gasteiger partial charge in [0.15, 0.2) is 11.5 Å². The number of methoxy groups -OCH3 is 2. The molecule has 5 nitrogen and oxygen atoms in total. The molecule has 25 heavy (non-hydrogen) atoms. The van der Waals surface area contributed by atoms with Gasteiger partial charge in [-0.25, -0.2) is 5.43 Å². The third-order valence-corrected chi connectivity index (χ3v) is 4.44. The van der Waals surface area contributed by atoms with Crippen LogP contribution >= 0.6 is 11.6 Å². The second kappa shape index (κ2) is 7.57. The van der Waals surface area contributed by atoms with Crippen LogP contribution in [0, 0.1) is 5.92 Å². The number of hydrogen-bond donors (Lipinski definition) is 1. The first kappa shape index (κ1) is 17.3. The number of hydrogen-bond acceptors (Lipinski definition) is 4. The van der Waals surface area contributed by atoms with Gasteiger partial charge in [0.05, 0.1) is 20.4 Å². The van der Waals surface area contributed by atoms with Crippen LogP contribution in [0.1, 0.15) is 23.5 Å². The molecule has 1 fully saturated rings. The maximum atomic E-state index is 12.2. The molecule has 130 valence electrons. The van der Waals surface area contributed by atoms with Crippen LogP contribution in [0.2, 0.25) is 5.02 Å². The molecule has 6 heteroatoms. The first-order valence-corrected chi connectivity index (χ1v) is 8.30. The van der Waals surface area contributed by atoms with E-state index in [1.807, 2.05) is 30.3 Å². The molecule has 0 aromatic heterocycles. The fourth-order valence-corrected chi connectivity index (χ4v) is 2.98. The van der Waals surface area contributed by atoms with Crippen LogP contribution in [0.4, 0.5) is 0 Å². The van der Waals surface area contributed by atoms with Crippen LogP contribution in [0.15, 0.2) is 47.6 Å². The Morgan fingerprint density at radius 3 is 2.72 bits per heavy atom. The second-order valence-electron chi connectivity index (χ2n) is 5.85. The number of nitrogens with zero attached hydrogens (tertiary/aromatic N) is 1. The minimum absolute atomic E-state index is 0.0546. The molecule has 1 aliphatic carbocycles. The summed E-state index contributed by atoms with van der Waals surface area (Å²) in [6.45, 7) is 0. The Hall–Kier alpha value is -2.53. The summed E-state index contributed by atoms with van der Waals surface area (Å²) in [6.07, 6.45) is 2.40. The summed E-state index contributed by atoms with van der Waals surface area (Å²) in [5.74, 6) is 1.34. The Kier molecular flexibility index (Phi) is 5.24. The van der Waals surface area contributed by atoms with E-state index in [0.29, 0.717) is 16.5 Å². The highest BCUT2D eigenvalue weighted by Gasteiger charge is 2.43. The molecule has 0 saturated heterocycles. The van der Waals surface area contributed by atoms with Crippen molar-refractivity contribution in [1.29, 1.82) is 0 Å². The Balaban J connectivity index is 1.57. The van der Waals surface area contributed by atoms with Crippen molar-refractivity contribution in [2.24, 2.45) is 11.0 Å². The zero-order valence-electron chi connectivity index (χ0n) is 14.0. The lowest BCUT2D eigenvalue weighted by atomic mass is 10.1. The Bertz CT molecular complexity index is 807. The van der Waals surface area contributed by atoms with Gasteiger partial charge in [-0.1, -0.05) is 23.7 Å². The predicted octanol–water partition coefficient (Wildman–Crippen LogP) is 3.61. The minimum Gasteiger partial charge on any atom is -0.493 e. The zero-order chi connectivity index (χ0) is 17.8. The number of ether oxygens (including phenoxy) is 2. The SMILES string of the molecule is COc1ccc(/C=N/NC(=O)C2CC2c2cccc(Cl)c2)cc1OC. The van der Waals surface area contributed by atoms with Crippen molar-refractivity contribution in [1.82, 2.24) is 5.43 Å². The first-order valence-electron chi connectivity index (χ1n) is 7.92. The average Bonchev–Trinajstić information content (AvgIpc) is 3.42. The van der Waals surface area contributed by atoms with Crippen molar-refractivity contribution in [2.75, 3.05) is 14.2 Å². The molecule has 0 spiro atoms. The monoisotopic (exact) mass is 358 g/mol. The summed E-state index contributed by atoms with van der Waals surface area (Å²) in [4.78, 5) is 12.2. The number of carbonyl (C=O) groups is 1. The quantitative estimate of drug-likeness (QED) is 0.634. The predicted molar refractivity (Wildman–Crippen MR) is 97.6 cm³/mol. The van der Waals surface area contributed by atoms with E-state index in [-0.39, 0.29) is 17.7 Å². The summed E-state index contributed by atoms with van der Waals surface area (Å²) < 4.78 is 10.4. The van der Waals surface area contributed by atoms with E-state index in [2.05, 4.69) is 10.5 Å². The van der Waals surface area contributed by atoms with Gasteiger partial charge in [-0.15, -0.1) is 0 Å². The van der Waals surface area contributed by atoms with Gasteiger partial charge in [0.1, 0.15) is 0 Å². The molecule has 2 atom stereocenters. The zero-order valence-corrected chi connectivity index (χ0v) is 14.8. The molecule has 1 amide bonds. The van der Waals surface area contributed by atoms with Crippen LogP contribution in [0.5, 0.6) is 11.5 Å². The first-order chi connectivity index (χ1) is 12.1. The highest BCUT2D eigenvalue weighted by Crippen LogP contribution is 2.47. The van der Waals surface area contributed by atoms with Crippen LogP contribution in [0.25, 0.3) is 0 Å². The summed E-state index contributed by atoms with van der Waals surface area (Å²) in [5.41, 5.74) is 4.50. The van der Waals surface area contributed by atoms with Gasteiger partial charge in [0, 0.05) is 10.9 Å². The highest BCUT2D eigenvalue weighted by molar-refractivity contribution is 6.30. The van der Waals surface area contributed by atoms with E-state index in [0.717, 1.165) is 17.5 Å². The second-order valence-corrected chi connectivity index (χ2v) is 6.29. The van der Waals surface area contributed by atoms with E-state index in [4.69, 9.17) is 21.1 Å². The number of benzene rings is 2. The van der Waals surface area contributed by atoms with Gasteiger partial charge in [0.2, 0.25) is 5.91 Å². The highest BCUT2D eigenvalue weighted by atomic mass is 35.5. The lowest BCUT2D eigenvalue weighted by Crippen LogP contribution is -2.20. The molecule has 1 N–H and O–H groups in total. The summed E-state index contributed by atoms with van der Waals surface area (Å²) in [5, 5.41) is 4.72. The lowest BCUT2D eigenvalue weighted by Gasteiger charge is -2.07. The van der Waals surface area contributed by atoms with E-state index in [1.165, 1.54) is 0 Å². The number of halogens is 1. The third-order valence-electron chi connectivity index (χ3n) is 4.20. The lowest BCUT2D eigenvalue weighted by molar-refractivity contribution is -0.122. The Morgan fingerprint density at radius 1 is 1.20 bits per heavy atom. The molecule has 3 rings (SSSR count). The number of nitrogens with one attached hydrogen (secondary N) is 1. The van der Waals surface area contributed by atoms with Crippen molar-refractivity contribution in [3.63, 3.8) is 0 Å². The molecular weight excluding hydrogens is 340 g/mol. The van der Waals surface area contributed by atoms with Crippen molar-refractivity contribution in [3.05, 3.63) is 58.6 Å². The van der Waals surface area contributed by atoms with E-state index in [9.17, 15) is 4.79 Å². The van der Waals surface area contributed by atoms with Gasteiger partial charge in [-0.3, -0.25) is 4.79 Å². The standard InChI is InChI=1S/C19H19ClN2O3/c1-24-17-7-6-12(8-18(17)25-2)11-21-22-19(23)16-10-15(16)13-4-3-5-14(20)9-13/h3-9,11,15-16H,10H2,1-2H3,(H,22,23)/b21-11+. The average molecular weight is 359 g/mol. The van der Waals surface area contributed by atoms with Crippen molar-refractivity contribution >= 4 is 23.7 Å². The van der Waals surface area contributed by atoms with Crippen LogP contribution in [-0.4, -0.2) is 26.3 Å². The summed E-state index contributed by atoms with van der Waals surface area (Å²) >= 11 is 6.00. The van der Waals surface area contributed by atoms with Gasteiger partial charge < -0.3 is 9.47 Å². The Labute approximate surface area is 151 Å². The molecular formula is C19H19ClN2O3. The van der Waals surface area contributed by atoms with Gasteiger partial charge >= 0.3 is 0 Å². The van der Waals surface area contributed by atoms with E-state index < -0.39 is 0 Å². The van der Waals surface area contributed by atoms with Crippen LogP contribution in [-0.2, 0) is 4.79 Å². The van der Waals surface area contributed by atoms with E-state index >= 15 is 0 Å². The fraction of sp³-hybridized carbons (Fsp3) is 0.263. The largest absolute Gasteiger partial charge is 0.493 e. The molecule has 0 radical (unpaired) electrons. The van der Waals surface area contributed by atoms with Gasteiger partial charge in [0.25, 0.3) is 0 Å². The van der Waals surface area contributed by atoms with Crippen LogP contribution < -0.4 is 14.9 Å².